The third kappa shape index (κ3) is 3.24. The molecule has 0 radical (unpaired) electrons. The van der Waals surface area contributed by atoms with E-state index in [-0.39, 0.29) is 11.8 Å². The molecule has 4 aromatic rings. The van der Waals surface area contributed by atoms with Crippen LogP contribution in [0.2, 0.25) is 0 Å². The van der Waals surface area contributed by atoms with Gasteiger partial charge in [-0.15, -0.1) is 0 Å². The van der Waals surface area contributed by atoms with Gasteiger partial charge in [0.2, 0.25) is 0 Å². The van der Waals surface area contributed by atoms with Crippen molar-refractivity contribution < 1.29 is 9.32 Å². The van der Waals surface area contributed by atoms with Crippen LogP contribution < -0.4 is 5.32 Å². The van der Waals surface area contributed by atoms with Crippen LogP contribution in [0.1, 0.15) is 38.9 Å². The summed E-state index contributed by atoms with van der Waals surface area (Å²) >= 11 is 0. The Morgan fingerprint density at radius 2 is 1.85 bits per heavy atom. The third-order valence-electron chi connectivity index (χ3n) is 4.93. The van der Waals surface area contributed by atoms with Gasteiger partial charge in [0.1, 0.15) is 11.3 Å². The van der Waals surface area contributed by atoms with Crippen LogP contribution in [0.5, 0.6) is 0 Å². The number of benzene rings is 2. The number of carbonyl (C=O) groups excluding carboxylic acids is 1. The lowest BCUT2D eigenvalue weighted by Crippen LogP contribution is -2.29. The largest absolute Gasteiger partial charge is 0.361 e. The minimum atomic E-state index is -0.160. The topological polar surface area (TPSA) is 70.9 Å². The molecule has 27 heavy (non-hydrogen) atoms. The second-order valence-corrected chi connectivity index (χ2v) is 6.66. The molecule has 5 nitrogen and oxygen atoms in total. The van der Waals surface area contributed by atoms with Crippen molar-refractivity contribution in [2.24, 2.45) is 0 Å². The van der Waals surface area contributed by atoms with Crippen molar-refractivity contribution in [1.29, 1.82) is 0 Å². The zero-order valence-electron chi connectivity index (χ0n) is 15.3. The van der Waals surface area contributed by atoms with Gasteiger partial charge < -0.3 is 14.8 Å². The number of hydrogen-bond donors (Lipinski definition) is 2. The molecule has 2 aromatic heterocycles. The summed E-state index contributed by atoms with van der Waals surface area (Å²) in [6, 6.07) is 18.4. The lowest BCUT2D eigenvalue weighted by Gasteiger charge is -2.18. The Hall–Kier alpha value is -3.34. The Bertz CT molecular complexity index is 1060. The summed E-state index contributed by atoms with van der Waals surface area (Å²) in [5.41, 5.74) is 4.52. The Balaban J connectivity index is 1.66. The molecule has 0 spiro atoms. The molecule has 0 aliphatic carbocycles. The molecule has 0 bridgehead atoms. The first-order valence-electron chi connectivity index (χ1n) is 8.97. The van der Waals surface area contributed by atoms with Gasteiger partial charge in [0.05, 0.1) is 5.69 Å². The predicted octanol–water partition coefficient (Wildman–Crippen LogP) is 4.33. The summed E-state index contributed by atoms with van der Waals surface area (Å²) in [6.45, 7) is 4.01. The second-order valence-electron chi connectivity index (χ2n) is 6.66. The number of nitrogens with zero attached hydrogens (tertiary/aromatic N) is 1. The van der Waals surface area contributed by atoms with Gasteiger partial charge in [-0.05, 0) is 31.0 Å². The van der Waals surface area contributed by atoms with Crippen molar-refractivity contribution in [2.45, 2.75) is 19.8 Å². The molecule has 0 saturated heterocycles. The van der Waals surface area contributed by atoms with E-state index in [1.807, 2.05) is 36.5 Å². The molecule has 4 rings (SSSR count). The fourth-order valence-electron chi connectivity index (χ4n) is 3.57. The average Bonchev–Trinajstić information content (AvgIpc) is 3.26. The van der Waals surface area contributed by atoms with Gasteiger partial charge in [-0.25, -0.2) is 0 Å². The van der Waals surface area contributed by atoms with E-state index in [0.717, 1.165) is 22.0 Å². The molecule has 2 heterocycles. The smallest absolute Gasteiger partial charge is 0.256 e. The third-order valence-corrected chi connectivity index (χ3v) is 4.93. The van der Waals surface area contributed by atoms with Crippen LogP contribution in [0.4, 0.5) is 0 Å². The number of para-hydroxylation sites is 1. The molecule has 136 valence electrons. The molecule has 1 atom stereocenters. The van der Waals surface area contributed by atoms with Gasteiger partial charge in [-0.2, -0.15) is 0 Å². The molecule has 1 amide bonds. The van der Waals surface area contributed by atoms with Crippen molar-refractivity contribution in [3.8, 4) is 0 Å². The lowest BCUT2D eigenvalue weighted by atomic mass is 9.91. The van der Waals surface area contributed by atoms with Crippen LogP contribution in [0.15, 0.2) is 65.3 Å². The van der Waals surface area contributed by atoms with Gasteiger partial charge in [-0.1, -0.05) is 53.7 Å². The number of rotatable bonds is 5. The highest BCUT2D eigenvalue weighted by Crippen LogP contribution is 2.30. The SMILES string of the molecule is Cc1noc(C)c1C(=O)NC[C@@H](c1ccccc1)c1c[nH]c2ccccc12. The van der Waals surface area contributed by atoms with Gasteiger partial charge >= 0.3 is 0 Å². The van der Waals surface area contributed by atoms with Crippen LogP contribution in [0.25, 0.3) is 10.9 Å². The molecule has 2 N–H and O–H groups in total. The number of H-pyrrole nitrogens is 1. The summed E-state index contributed by atoms with van der Waals surface area (Å²) in [6.07, 6.45) is 2.03. The highest BCUT2D eigenvalue weighted by atomic mass is 16.5. The summed E-state index contributed by atoms with van der Waals surface area (Å²) in [7, 11) is 0. The number of aromatic amines is 1. The van der Waals surface area contributed by atoms with E-state index in [2.05, 4.69) is 39.7 Å². The van der Waals surface area contributed by atoms with E-state index in [1.165, 1.54) is 0 Å². The van der Waals surface area contributed by atoms with Gasteiger partial charge in [0.15, 0.2) is 0 Å². The number of aromatic nitrogens is 2. The van der Waals surface area contributed by atoms with Gasteiger partial charge in [0.25, 0.3) is 5.91 Å². The molecule has 0 saturated carbocycles. The molecule has 0 unspecified atom stereocenters. The molecule has 5 heteroatoms. The lowest BCUT2D eigenvalue weighted by molar-refractivity contribution is 0.0950. The van der Waals surface area contributed by atoms with E-state index >= 15 is 0 Å². The zero-order valence-corrected chi connectivity index (χ0v) is 15.3. The van der Waals surface area contributed by atoms with Gasteiger partial charge in [-0.3, -0.25) is 4.79 Å². The van der Waals surface area contributed by atoms with E-state index in [9.17, 15) is 4.79 Å². The first-order valence-corrected chi connectivity index (χ1v) is 8.97. The monoisotopic (exact) mass is 359 g/mol. The average molecular weight is 359 g/mol. The fraction of sp³-hybridized carbons (Fsp3) is 0.182. The van der Waals surface area contributed by atoms with Crippen molar-refractivity contribution >= 4 is 16.8 Å². The Labute approximate surface area is 157 Å². The predicted molar refractivity (Wildman–Crippen MR) is 105 cm³/mol. The van der Waals surface area contributed by atoms with Crippen LogP contribution in [0, 0.1) is 13.8 Å². The molecule has 0 aliphatic rings. The number of nitrogens with one attached hydrogen (secondary N) is 2. The molecular weight excluding hydrogens is 338 g/mol. The minimum Gasteiger partial charge on any atom is -0.361 e. The van der Waals surface area contributed by atoms with Crippen molar-refractivity contribution in [1.82, 2.24) is 15.5 Å². The Morgan fingerprint density at radius 3 is 2.59 bits per heavy atom. The van der Waals surface area contributed by atoms with Crippen molar-refractivity contribution in [3.63, 3.8) is 0 Å². The minimum absolute atomic E-state index is 0.0340. The van der Waals surface area contributed by atoms with E-state index in [4.69, 9.17) is 4.52 Å². The second kappa shape index (κ2) is 7.11. The number of carbonyl (C=O) groups is 1. The molecular formula is C22H21N3O2. The first-order chi connectivity index (χ1) is 13.1. The normalized spacial score (nSPS) is 12.2. The summed E-state index contributed by atoms with van der Waals surface area (Å²) < 4.78 is 5.12. The number of fused-ring (bicyclic) bond motifs is 1. The van der Waals surface area contributed by atoms with E-state index < -0.39 is 0 Å². The molecule has 2 aromatic carbocycles. The summed E-state index contributed by atoms with van der Waals surface area (Å²) in [4.78, 5) is 16.0. The Morgan fingerprint density at radius 1 is 1.11 bits per heavy atom. The fourth-order valence-corrected chi connectivity index (χ4v) is 3.57. The maximum atomic E-state index is 12.7. The quantitative estimate of drug-likeness (QED) is 0.557. The Kier molecular flexibility index (Phi) is 4.50. The highest BCUT2D eigenvalue weighted by molar-refractivity contribution is 5.96. The van der Waals surface area contributed by atoms with Crippen LogP contribution >= 0.6 is 0 Å². The number of amides is 1. The number of aryl methyl sites for hydroxylation is 2. The standard InChI is InChI=1S/C22H21N3O2/c1-14-21(15(2)27-25-14)22(26)24-12-18(16-8-4-3-5-9-16)19-13-23-20-11-7-6-10-17(19)20/h3-11,13,18,23H,12H2,1-2H3,(H,24,26)/t18-/m0/s1. The summed E-state index contributed by atoms with van der Waals surface area (Å²) in [5.74, 6) is 0.409. The van der Waals surface area contributed by atoms with Crippen molar-refractivity contribution in [3.05, 3.63) is 88.9 Å². The van der Waals surface area contributed by atoms with Crippen LogP contribution in [0.3, 0.4) is 0 Å². The number of hydrogen-bond acceptors (Lipinski definition) is 3. The zero-order chi connectivity index (χ0) is 18.8. The first kappa shape index (κ1) is 17.1. The molecule has 0 aliphatic heterocycles. The maximum Gasteiger partial charge on any atom is 0.256 e. The maximum absolute atomic E-state index is 12.7. The van der Waals surface area contributed by atoms with Gasteiger partial charge in [0, 0.05) is 29.6 Å². The van der Waals surface area contributed by atoms with Crippen molar-refractivity contribution in [2.75, 3.05) is 6.54 Å². The van der Waals surface area contributed by atoms with Crippen LogP contribution in [-0.2, 0) is 0 Å². The van der Waals surface area contributed by atoms with E-state index in [0.29, 0.717) is 23.6 Å². The summed E-state index contributed by atoms with van der Waals surface area (Å²) in [5, 5.41) is 8.10. The van der Waals surface area contributed by atoms with Crippen LogP contribution in [-0.4, -0.2) is 22.6 Å². The molecule has 0 fully saturated rings. The van der Waals surface area contributed by atoms with E-state index in [1.54, 1.807) is 13.8 Å². The highest BCUT2D eigenvalue weighted by Gasteiger charge is 2.22.